The molecule has 0 aromatic heterocycles. The van der Waals surface area contributed by atoms with E-state index in [1.165, 1.54) is 44.1 Å². The summed E-state index contributed by atoms with van der Waals surface area (Å²) in [6, 6.07) is 10.9. The van der Waals surface area contributed by atoms with E-state index in [1.807, 2.05) is 0 Å². The third-order valence-corrected chi connectivity index (χ3v) is 7.23. The van der Waals surface area contributed by atoms with Crippen molar-refractivity contribution in [3.8, 4) is 0 Å². The Morgan fingerprint density at radius 3 is 2.17 bits per heavy atom. The van der Waals surface area contributed by atoms with Gasteiger partial charge in [0.05, 0.1) is 0 Å². The van der Waals surface area contributed by atoms with Gasteiger partial charge in [0, 0.05) is 5.54 Å². The van der Waals surface area contributed by atoms with Crippen LogP contribution in [0.25, 0.3) is 0 Å². The van der Waals surface area contributed by atoms with Crippen molar-refractivity contribution in [2.75, 3.05) is 0 Å². The van der Waals surface area contributed by atoms with Crippen LogP contribution in [0.3, 0.4) is 0 Å². The molecule has 2 atom stereocenters. The van der Waals surface area contributed by atoms with Crippen molar-refractivity contribution in [3.05, 3.63) is 35.9 Å². The average molecular weight is 309 g/mol. The highest BCUT2D eigenvalue weighted by Gasteiger charge is 2.63. The van der Waals surface area contributed by atoms with Crippen LogP contribution in [0.15, 0.2) is 30.3 Å². The number of carbonyl (C=O) groups is 1. The first-order valence-corrected chi connectivity index (χ1v) is 9.53. The zero-order valence-electron chi connectivity index (χ0n) is 14.1. The summed E-state index contributed by atoms with van der Waals surface area (Å²) in [7, 11) is 0. The summed E-state index contributed by atoms with van der Waals surface area (Å²) in [5, 5.41) is 0. The van der Waals surface area contributed by atoms with Crippen LogP contribution in [0, 0.1) is 17.8 Å². The van der Waals surface area contributed by atoms with Crippen LogP contribution in [0.2, 0.25) is 0 Å². The molecule has 6 rings (SSSR count). The molecule has 4 aliphatic carbocycles. The van der Waals surface area contributed by atoms with Gasteiger partial charge in [0.15, 0.2) is 0 Å². The predicted octanol–water partition coefficient (Wildman–Crippen LogP) is 4.36. The molecule has 4 saturated carbocycles. The summed E-state index contributed by atoms with van der Waals surface area (Å²) < 4.78 is 0. The molecular weight excluding hydrogens is 282 g/mol. The van der Waals surface area contributed by atoms with Gasteiger partial charge in [0.25, 0.3) is 0 Å². The normalized spacial score (nSPS) is 42.1. The molecule has 1 saturated heterocycles. The Kier molecular flexibility index (Phi) is 2.96. The fourth-order valence-electron chi connectivity index (χ4n) is 6.60. The Bertz CT molecular complexity index is 587. The minimum absolute atomic E-state index is 0.210. The molecule has 4 bridgehead atoms. The number of nitrogens with zero attached hydrogens (tertiary/aromatic N) is 1. The van der Waals surface area contributed by atoms with E-state index < -0.39 is 0 Å². The molecule has 2 heteroatoms. The van der Waals surface area contributed by atoms with Gasteiger partial charge in [-0.15, -0.1) is 0 Å². The maximum Gasteiger partial charge on any atom is 0.246 e. The van der Waals surface area contributed by atoms with Crippen molar-refractivity contribution < 1.29 is 4.79 Å². The zero-order valence-corrected chi connectivity index (χ0v) is 14.1. The molecule has 0 radical (unpaired) electrons. The van der Waals surface area contributed by atoms with Gasteiger partial charge in [-0.25, -0.2) is 0 Å². The van der Waals surface area contributed by atoms with Gasteiger partial charge in [-0.2, -0.15) is 0 Å². The van der Waals surface area contributed by atoms with Crippen LogP contribution in [-0.4, -0.2) is 22.4 Å². The number of hydrogen-bond acceptors (Lipinski definition) is 1. The highest BCUT2D eigenvalue weighted by atomic mass is 16.2. The maximum absolute atomic E-state index is 12.6. The second kappa shape index (κ2) is 4.84. The molecule has 1 aromatic rings. The molecule has 1 aromatic carbocycles. The fourth-order valence-corrected chi connectivity index (χ4v) is 6.60. The first-order valence-electron chi connectivity index (χ1n) is 9.53. The van der Waals surface area contributed by atoms with E-state index in [0.717, 1.165) is 24.2 Å². The zero-order chi connectivity index (χ0) is 15.6. The van der Waals surface area contributed by atoms with E-state index >= 15 is 0 Å². The summed E-state index contributed by atoms with van der Waals surface area (Å²) in [4.78, 5) is 15.0. The van der Waals surface area contributed by atoms with Crippen LogP contribution in [0.1, 0.15) is 63.4 Å². The molecule has 0 N–H and O–H groups in total. The van der Waals surface area contributed by atoms with Crippen LogP contribution in [0.4, 0.5) is 0 Å². The Hall–Kier alpha value is -1.31. The molecule has 2 nitrogen and oxygen atoms in total. The van der Waals surface area contributed by atoms with E-state index in [9.17, 15) is 4.79 Å². The molecular formula is C21H27NO. The molecule has 1 amide bonds. The van der Waals surface area contributed by atoms with E-state index in [2.05, 4.69) is 42.2 Å². The largest absolute Gasteiger partial charge is 0.323 e. The second-order valence-corrected chi connectivity index (χ2v) is 8.91. The molecule has 23 heavy (non-hydrogen) atoms. The fraction of sp³-hybridized carbons (Fsp3) is 0.667. The predicted molar refractivity (Wildman–Crippen MR) is 91.0 cm³/mol. The van der Waals surface area contributed by atoms with Crippen molar-refractivity contribution >= 4 is 5.91 Å². The van der Waals surface area contributed by atoms with E-state index in [-0.39, 0.29) is 11.6 Å². The van der Waals surface area contributed by atoms with Crippen LogP contribution >= 0.6 is 0 Å². The van der Waals surface area contributed by atoms with Gasteiger partial charge in [-0.05, 0) is 74.2 Å². The van der Waals surface area contributed by atoms with Crippen molar-refractivity contribution in [1.29, 1.82) is 0 Å². The summed E-state index contributed by atoms with van der Waals surface area (Å²) in [5.74, 6) is 3.68. The lowest BCUT2D eigenvalue weighted by molar-refractivity contribution is -0.121. The van der Waals surface area contributed by atoms with Crippen molar-refractivity contribution in [2.45, 2.75) is 69.4 Å². The third kappa shape index (κ3) is 2.17. The number of rotatable bonds is 4. The van der Waals surface area contributed by atoms with Gasteiger partial charge >= 0.3 is 0 Å². The second-order valence-electron chi connectivity index (χ2n) is 8.91. The first-order chi connectivity index (χ1) is 11.1. The van der Waals surface area contributed by atoms with Crippen LogP contribution in [-0.2, 0) is 4.79 Å². The van der Waals surface area contributed by atoms with Crippen LogP contribution < -0.4 is 0 Å². The average Bonchev–Trinajstić information content (AvgIpc) is 3.17. The van der Waals surface area contributed by atoms with E-state index in [0.29, 0.717) is 11.8 Å². The quantitative estimate of drug-likeness (QED) is 0.757. The molecule has 1 heterocycles. The smallest absolute Gasteiger partial charge is 0.246 e. The van der Waals surface area contributed by atoms with Gasteiger partial charge < -0.3 is 4.90 Å². The highest BCUT2D eigenvalue weighted by molar-refractivity contribution is 5.97. The SMILES string of the molecule is CC(CC1C(=O)N1C12CC3CC(CC(C3)C1)C2)c1ccccc1. The number of carbonyl (C=O) groups excluding carboxylic acids is 1. The standard InChI is InChI=1S/C21H27NO/c1-14(18-5-3-2-4-6-18)7-19-20(23)22(19)21-11-15-8-16(12-21)10-17(9-15)13-21/h2-6,14-17,19H,7-13H2,1H3. The van der Waals surface area contributed by atoms with Gasteiger partial charge in [-0.1, -0.05) is 37.3 Å². The molecule has 2 unspecified atom stereocenters. The highest BCUT2D eigenvalue weighted by Crippen LogP contribution is 2.60. The van der Waals surface area contributed by atoms with E-state index in [4.69, 9.17) is 0 Å². The molecule has 0 spiro atoms. The van der Waals surface area contributed by atoms with Crippen molar-refractivity contribution in [1.82, 2.24) is 4.90 Å². The third-order valence-electron chi connectivity index (χ3n) is 7.23. The topological polar surface area (TPSA) is 20.1 Å². The van der Waals surface area contributed by atoms with Gasteiger partial charge in [0.2, 0.25) is 5.91 Å². The summed E-state index contributed by atoms with van der Waals surface area (Å²) in [6.45, 7) is 2.28. The number of amides is 1. The Morgan fingerprint density at radius 2 is 1.61 bits per heavy atom. The van der Waals surface area contributed by atoms with Crippen LogP contribution in [0.5, 0.6) is 0 Å². The lowest BCUT2D eigenvalue weighted by Gasteiger charge is -2.57. The van der Waals surface area contributed by atoms with Crippen molar-refractivity contribution in [2.24, 2.45) is 17.8 Å². The lowest BCUT2D eigenvalue weighted by Crippen LogP contribution is -2.55. The minimum Gasteiger partial charge on any atom is -0.323 e. The molecule has 5 fully saturated rings. The Morgan fingerprint density at radius 1 is 1.04 bits per heavy atom. The lowest BCUT2D eigenvalue weighted by atomic mass is 9.53. The van der Waals surface area contributed by atoms with Crippen molar-refractivity contribution in [3.63, 3.8) is 0 Å². The molecule has 1 aliphatic heterocycles. The maximum atomic E-state index is 12.6. The first kappa shape index (κ1) is 14.1. The molecule has 122 valence electrons. The summed E-state index contributed by atoms with van der Waals surface area (Å²) in [6.07, 6.45) is 9.28. The van der Waals surface area contributed by atoms with Gasteiger partial charge in [0.1, 0.15) is 6.04 Å². The minimum atomic E-state index is 0.210. The van der Waals surface area contributed by atoms with E-state index in [1.54, 1.807) is 0 Å². The van der Waals surface area contributed by atoms with Gasteiger partial charge in [-0.3, -0.25) is 4.79 Å². The number of benzene rings is 1. The summed E-state index contributed by atoms with van der Waals surface area (Å²) in [5.41, 5.74) is 1.64. The number of hydrogen-bond donors (Lipinski definition) is 0. The Labute approximate surface area is 139 Å². The monoisotopic (exact) mass is 309 g/mol. The Balaban J connectivity index is 1.32. The summed E-state index contributed by atoms with van der Waals surface area (Å²) >= 11 is 0. The molecule has 5 aliphatic rings.